The maximum atomic E-state index is 11.7. The Kier molecular flexibility index (Phi) is 2.97. The quantitative estimate of drug-likeness (QED) is 0.856. The molecule has 0 amide bonds. The fourth-order valence-corrected chi connectivity index (χ4v) is 2.10. The van der Waals surface area contributed by atoms with Gasteiger partial charge in [0.25, 0.3) is 5.56 Å². The number of carboxylic acid groups (broad SMARTS) is 1. The van der Waals surface area contributed by atoms with Crippen molar-refractivity contribution >= 4 is 16.9 Å². The predicted octanol–water partition coefficient (Wildman–Crippen LogP) is 2.53. The van der Waals surface area contributed by atoms with E-state index in [4.69, 9.17) is 0 Å². The molecule has 0 bridgehead atoms. The number of hydrogen-bond acceptors (Lipinski definition) is 2. The van der Waals surface area contributed by atoms with Crippen molar-refractivity contribution in [3.05, 3.63) is 45.7 Å². The molecule has 0 fully saturated rings. The molecule has 0 aliphatic carbocycles. The molecule has 0 atom stereocenters. The van der Waals surface area contributed by atoms with Crippen molar-refractivity contribution in [2.24, 2.45) is 7.05 Å². The number of carboxylic acids is 1. The smallest absolute Gasteiger partial charge is 0.336 e. The third-order valence-corrected chi connectivity index (χ3v) is 3.34. The summed E-state index contributed by atoms with van der Waals surface area (Å²) in [5.41, 5.74) is 1.36. The van der Waals surface area contributed by atoms with E-state index in [-0.39, 0.29) is 16.5 Å². The van der Waals surface area contributed by atoms with Crippen molar-refractivity contribution in [3.8, 4) is 0 Å². The maximum absolute atomic E-state index is 11.7. The van der Waals surface area contributed by atoms with E-state index in [1.165, 1.54) is 10.6 Å². The summed E-state index contributed by atoms with van der Waals surface area (Å²) >= 11 is 0. The van der Waals surface area contributed by atoms with Crippen LogP contribution >= 0.6 is 0 Å². The second-order valence-electron chi connectivity index (χ2n) is 5.74. The lowest BCUT2D eigenvalue weighted by Crippen LogP contribution is -2.19. The van der Waals surface area contributed by atoms with Gasteiger partial charge in [-0.3, -0.25) is 4.79 Å². The first kappa shape index (κ1) is 13.3. The van der Waals surface area contributed by atoms with Crippen LogP contribution in [0.15, 0.2) is 29.1 Å². The molecule has 0 unspecified atom stereocenters. The molecule has 0 saturated heterocycles. The van der Waals surface area contributed by atoms with E-state index in [1.54, 1.807) is 7.05 Å². The van der Waals surface area contributed by atoms with Gasteiger partial charge in [0.2, 0.25) is 0 Å². The minimum atomic E-state index is -1.08. The van der Waals surface area contributed by atoms with E-state index in [0.717, 1.165) is 5.56 Å². The SMILES string of the molecule is Cn1c(=O)cc(C(=O)O)c2cc(C(C)(C)C)ccc21. The summed E-state index contributed by atoms with van der Waals surface area (Å²) in [6, 6.07) is 6.78. The zero-order valence-electron chi connectivity index (χ0n) is 11.5. The Morgan fingerprint density at radius 2 is 1.84 bits per heavy atom. The summed E-state index contributed by atoms with van der Waals surface area (Å²) in [6.45, 7) is 6.20. The van der Waals surface area contributed by atoms with Crippen LogP contribution in [-0.2, 0) is 12.5 Å². The highest BCUT2D eigenvalue weighted by Gasteiger charge is 2.17. The van der Waals surface area contributed by atoms with Crippen molar-refractivity contribution in [2.75, 3.05) is 0 Å². The summed E-state index contributed by atoms with van der Waals surface area (Å²) < 4.78 is 1.47. The van der Waals surface area contributed by atoms with E-state index < -0.39 is 5.97 Å². The lowest BCUT2D eigenvalue weighted by Gasteiger charge is -2.20. The number of aromatic nitrogens is 1. The molecule has 2 aromatic rings. The van der Waals surface area contributed by atoms with Gasteiger partial charge >= 0.3 is 5.97 Å². The Hall–Kier alpha value is -2.10. The number of hydrogen-bond donors (Lipinski definition) is 1. The molecule has 1 aromatic heterocycles. The second kappa shape index (κ2) is 4.23. The van der Waals surface area contributed by atoms with Gasteiger partial charge in [0.05, 0.1) is 11.1 Å². The Labute approximate surface area is 111 Å². The summed E-state index contributed by atoms with van der Waals surface area (Å²) in [5.74, 6) is -1.08. The molecule has 1 heterocycles. The number of aromatic carboxylic acids is 1. The first-order valence-corrected chi connectivity index (χ1v) is 6.09. The molecule has 0 aliphatic rings. The molecule has 19 heavy (non-hydrogen) atoms. The van der Waals surface area contributed by atoms with Gasteiger partial charge in [0.1, 0.15) is 0 Å². The Morgan fingerprint density at radius 1 is 1.21 bits per heavy atom. The molecule has 4 nitrogen and oxygen atoms in total. The lowest BCUT2D eigenvalue weighted by atomic mass is 9.86. The normalized spacial score (nSPS) is 11.8. The molecular formula is C15H17NO3. The van der Waals surface area contributed by atoms with Crippen molar-refractivity contribution in [1.82, 2.24) is 4.57 Å². The van der Waals surface area contributed by atoms with Crippen LogP contribution in [0.25, 0.3) is 10.9 Å². The number of benzene rings is 1. The van der Waals surface area contributed by atoms with Crippen LogP contribution in [-0.4, -0.2) is 15.6 Å². The average molecular weight is 259 g/mol. The molecule has 0 radical (unpaired) electrons. The summed E-state index contributed by atoms with van der Waals surface area (Å²) in [4.78, 5) is 23.0. The molecule has 0 aliphatic heterocycles. The van der Waals surface area contributed by atoms with E-state index in [0.29, 0.717) is 10.9 Å². The predicted molar refractivity (Wildman–Crippen MR) is 74.8 cm³/mol. The number of fused-ring (bicyclic) bond motifs is 1. The lowest BCUT2D eigenvalue weighted by molar-refractivity contribution is 0.0698. The highest BCUT2D eigenvalue weighted by Crippen LogP contribution is 2.27. The van der Waals surface area contributed by atoms with Crippen molar-refractivity contribution < 1.29 is 9.90 Å². The van der Waals surface area contributed by atoms with Gasteiger partial charge in [-0.1, -0.05) is 26.8 Å². The first-order valence-electron chi connectivity index (χ1n) is 6.09. The van der Waals surface area contributed by atoms with Gasteiger partial charge in [-0.25, -0.2) is 4.79 Å². The largest absolute Gasteiger partial charge is 0.478 e. The van der Waals surface area contributed by atoms with E-state index in [2.05, 4.69) is 20.8 Å². The van der Waals surface area contributed by atoms with Crippen molar-refractivity contribution in [3.63, 3.8) is 0 Å². The minimum Gasteiger partial charge on any atom is -0.478 e. The molecule has 0 spiro atoms. The van der Waals surface area contributed by atoms with E-state index >= 15 is 0 Å². The number of nitrogens with zero attached hydrogens (tertiary/aromatic N) is 1. The molecule has 2 rings (SSSR count). The standard InChI is InChI=1S/C15H17NO3/c1-15(2,3)9-5-6-12-10(7-9)11(14(18)19)8-13(17)16(12)4/h5-8H,1-4H3,(H,18,19). The van der Waals surface area contributed by atoms with Gasteiger partial charge in [-0.15, -0.1) is 0 Å². The molecule has 100 valence electrons. The first-order chi connectivity index (χ1) is 8.71. The second-order valence-corrected chi connectivity index (χ2v) is 5.74. The highest BCUT2D eigenvalue weighted by atomic mass is 16.4. The van der Waals surface area contributed by atoms with Crippen LogP contribution < -0.4 is 5.56 Å². The third-order valence-electron chi connectivity index (χ3n) is 3.34. The van der Waals surface area contributed by atoms with Crippen molar-refractivity contribution in [1.29, 1.82) is 0 Å². The molecule has 1 N–H and O–H groups in total. The molecule has 0 saturated carbocycles. The molecular weight excluding hydrogens is 242 g/mol. The van der Waals surface area contributed by atoms with Crippen LogP contribution in [0.2, 0.25) is 0 Å². The van der Waals surface area contributed by atoms with Gasteiger partial charge in [0, 0.05) is 18.5 Å². The Balaban J connectivity index is 2.91. The topological polar surface area (TPSA) is 59.3 Å². The van der Waals surface area contributed by atoms with Gasteiger partial charge < -0.3 is 9.67 Å². The third kappa shape index (κ3) is 2.26. The summed E-state index contributed by atoms with van der Waals surface area (Å²) in [5, 5.41) is 9.84. The van der Waals surface area contributed by atoms with Crippen LogP contribution in [0.4, 0.5) is 0 Å². The minimum absolute atomic E-state index is 0.0594. The van der Waals surface area contributed by atoms with E-state index in [9.17, 15) is 14.7 Å². The zero-order chi connectivity index (χ0) is 14.4. The fraction of sp³-hybridized carbons (Fsp3) is 0.333. The van der Waals surface area contributed by atoms with Crippen molar-refractivity contribution in [2.45, 2.75) is 26.2 Å². The number of pyridine rings is 1. The van der Waals surface area contributed by atoms with E-state index in [1.807, 2.05) is 18.2 Å². The Bertz CT molecular complexity index is 720. The van der Waals surface area contributed by atoms with Gasteiger partial charge in [-0.05, 0) is 23.1 Å². The number of rotatable bonds is 1. The average Bonchev–Trinajstić information content (AvgIpc) is 2.31. The highest BCUT2D eigenvalue weighted by molar-refractivity contribution is 6.02. The van der Waals surface area contributed by atoms with Gasteiger partial charge in [-0.2, -0.15) is 0 Å². The summed E-state index contributed by atoms with van der Waals surface area (Å²) in [6.07, 6.45) is 0. The number of aryl methyl sites for hydroxylation is 1. The Morgan fingerprint density at radius 3 is 2.37 bits per heavy atom. The van der Waals surface area contributed by atoms with Crippen LogP contribution in [0.5, 0.6) is 0 Å². The monoisotopic (exact) mass is 259 g/mol. The fourth-order valence-electron chi connectivity index (χ4n) is 2.10. The van der Waals surface area contributed by atoms with Crippen LogP contribution in [0.1, 0.15) is 36.7 Å². The van der Waals surface area contributed by atoms with Gasteiger partial charge in [0.15, 0.2) is 0 Å². The maximum Gasteiger partial charge on any atom is 0.336 e. The zero-order valence-corrected chi connectivity index (χ0v) is 11.5. The van der Waals surface area contributed by atoms with Crippen LogP contribution in [0.3, 0.4) is 0 Å². The molecule has 4 heteroatoms. The van der Waals surface area contributed by atoms with Crippen LogP contribution in [0, 0.1) is 0 Å². The molecule has 1 aromatic carbocycles. The summed E-state index contributed by atoms with van der Waals surface area (Å²) in [7, 11) is 1.65. The number of carbonyl (C=O) groups is 1.